The summed E-state index contributed by atoms with van der Waals surface area (Å²) in [5, 5.41) is 2.87. The molecule has 2 fully saturated rings. The number of nitrogens with zero attached hydrogens (tertiary/aromatic N) is 4. The van der Waals surface area contributed by atoms with Crippen molar-refractivity contribution in [3.63, 3.8) is 0 Å². The van der Waals surface area contributed by atoms with Crippen LogP contribution >= 0.6 is 0 Å². The lowest BCUT2D eigenvalue weighted by Crippen LogP contribution is -2.47. The van der Waals surface area contributed by atoms with E-state index in [0.29, 0.717) is 24.8 Å². The van der Waals surface area contributed by atoms with Crippen molar-refractivity contribution < 1.29 is 9.53 Å². The molecule has 26 heavy (non-hydrogen) atoms. The van der Waals surface area contributed by atoms with Crippen molar-refractivity contribution in [3.05, 3.63) is 42.7 Å². The van der Waals surface area contributed by atoms with E-state index < -0.39 is 0 Å². The molecular formula is C19H23N5O2. The van der Waals surface area contributed by atoms with E-state index in [0.717, 1.165) is 32.6 Å². The lowest BCUT2D eigenvalue weighted by atomic mass is 10.1. The Balaban J connectivity index is 1.32. The number of hydrogen-bond acceptors (Lipinski definition) is 6. The molecule has 3 heterocycles. The van der Waals surface area contributed by atoms with E-state index in [4.69, 9.17) is 4.74 Å². The fourth-order valence-corrected chi connectivity index (χ4v) is 3.34. The highest BCUT2D eigenvalue weighted by molar-refractivity contribution is 5.92. The first-order valence-corrected chi connectivity index (χ1v) is 9.05. The number of para-hydroxylation sites is 1. The minimum Gasteiger partial charge on any atom is -0.381 e. The van der Waals surface area contributed by atoms with Crippen LogP contribution in [0.3, 0.4) is 0 Å². The normalized spacial score (nSPS) is 20.2. The van der Waals surface area contributed by atoms with Gasteiger partial charge in [0.25, 0.3) is 0 Å². The Morgan fingerprint density at radius 2 is 1.73 bits per heavy atom. The molecule has 2 saturated heterocycles. The number of nitrogens with one attached hydrogen (secondary N) is 1. The fourth-order valence-electron chi connectivity index (χ4n) is 3.34. The van der Waals surface area contributed by atoms with Crippen LogP contribution < -0.4 is 15.1 Å². The summed E-state index contributed by atoms with van der Waals surface area (Å²) in [5.41, 5.74) is 1.88. The molecule has 1 atom stereocenters. The Labute approximate surface area is 153 Å². The molecule has 136 valence electrons. The zero-order valence-electron chi connectivity index (χ0n) is 14.7. The number of amides is 1. The maximum atomic E-state index is 12.1. The topological polar surface area (TPSA) is 70.6 Å². The minimum atomic E-state index is -0.0688. The Kier molecular flexibility index (Phi) is 4.97. The molecule has 1 N–H and O–H groups in total. The van der Waals surface area contributed by atoms with Gasteiger partial charge in [-0.1, -0.05) is 18.2 Å². The van der Waals surface area contributed by atoms with Gasteiger partial charge >= 0.3 is 0 Å². The molecule has 0 radical (unpaired) electrons. The van der Waals surface area contributed by atoms with E-state index in [-0.39, 0.29) is 11.8 Å². The van der Waals surface area contributed by atoms with Crippen molar-refractivity contribution in [2.45, 2.75) is 6.42 Å². The number of rotatable bonds is 4. The second kappa shape index (κ2) is 7.70. The quantitative estimate of drug-likeness (QED) is 0.903. The van der Waals surface area contributed by atoms with Crippen LogP contribution in [0.25, 0.3) is 0 Å². The summed E-state index contributed by atoms with van der Waals surface area (Å²) >= 11 is 0. The predicted octanol–water partition coefficient (Wildman–Crippen LogP) is 1.78. The van der Waals surface area contributed by atoms with Crippen molar-refractivity contribution in [1.29, 1.82) is 0 Å². The van der Waals surface area contributed by atoms with Gasteiger partial charge in [0.1, 0.15) is 0 Å². The van der Waals surface area contributed by atoms with Gasteiger partial charge in [-0.15, -0.1) is 0 Å². The largest absolute Gasteiger partial charge is 0.381 e. The second-order valence-electron chi connectivity index (χ2n) is 6.63. The maximum Gasteiger partial charge on any atom is 0.229 e. The molecule has 2 aromatic rings. The summed E-state index contributed by atoms with van der Waals surface area (Å²) in [6.07, 6.45) is 4.13. The smallest absolute Gasteiger partial charge is 0.229 e. The van der Waals surface area contributed by atoms with Gasteiger partial charge in [-0.2, -0.15) is 0 Å². The molecule has 2 aliphatic rings. The third-order valence-electron chi connectivity index (χ3n) is 4.89. The molecule has 1 amide bonds. The van der Waals surface area contributed by atoms with Crippen molar-refractivity contribution in [2.24, 2.45) is 5.92 Å². The maximum absolute atomic E-state index is 12.1. The summed E-state index contributed by atoms with van der Waals surface area (Å²) in [6, 6.07) is 10.4. The van der Waals surface area contributed by atoms with Crippen molar-refractivity contribution >= 4 is 23.2 Å². The van der Waals surface area contributed by atoms with Gasteiger partial charge in [0.15, 0.2) is 0 Å². The van der Waals surface area contributed by atoms with Gasteiger partial charge < -0.3 is 19.9 Å². The summed E-state index contributed by atoms with van der Waals surface area (Å²) in [5.74, 6) is 0.621. The van der Waals surface area contributed by atoms with Crippen LogP contribution in [0, 0.1) is 5.92 Å². The van der Waals surface area contributed by atoms with Gasteiger partial charge in [-0.25, -0.2) is 9.97 Å². The number of aromatic nitrogens is 2. The van der Waals surface area contributed by atoms with E-state index in [2.05, 4.69) is 49.4 Å². The SMILES string of the molecule is O=C(Nc1cnc(N2CCN(c3ccccc3)CC2)nc1)C1CCOC1. The van der Waals surface area contributed by atoms with E-state index in [1.54, 1.807) is 12.4 Å². The van der Waals surface area contributed by atoms with E-state index in [9.17, 15) is 4.79 Å². The molecule has 7 heteroatoms. The van der Waals surface area contributed by atoms with Crippen LogP contribution in [0.2, 0.25) is 0 Å². The Morgan fingerprint density at radius 1 is 1.04 bits per heavy atom. The number of benzene rings is 1. The predicted molar refractivity (Wildman–Crippen MR) is 100 cm³/mol. The molecule has 0 bridgehead atoms. The lowest BCUT2D eigenvalue weighted by Gasteiger charge is -2.36. The van der Waals surface area contributed by atoms with Gasteiger partial charge in [-0.3, -0.25) is 4.79 Å². The lowest BCUT2D eigenvalue weighted by molar-refractivity contribution is -0.119. The second-order valence-corrected chi connectivity index (χ2v) is 6.63. The van der Waals surface area contributed by atoms with Crippen LogP contribution in [-0.4, -0.2) is 55.3 Å². The van der Waals surface area contributed by atoms with Gasteiger partial charge in [0.2, 0.25) is 11.9 Å². The van der Waals surface area contributed by atoms with Crippen LogP contribution in [0.15, 0.2) is 42.7 Å². The molecular weight excluding hydrogens is 330 g/mol. The molecule has 0 saturated carbocycles. The highest BCUT2D eigenvalue weighted by Crippen LogP contribution is 2.19. The first-order valence-electron chi connectivity index (χ1n) is 9.05. The van der Waals surface area contributed by atoms with Crippen LogP contribution in [0.1, 0.15) is 6.42 Å². The minimum absolute atomic E-state index is 0.0182. The number of ether oxygens (including phenoxy) is 1. The number of piperazine rings is 1. The first kappa shape index (κ1) is 16.8. The Bertz CT molecular complexity index is 723. The van der Waals surface area contributed by atoms with E-state index in [1.807, 2.05) is 6.07 Å². The van der Waals surface area contributed by atoms with Gasteiger partial charge in [0.05, 0.1) is 30.6 Å². The summed E-state index contributed by atoms with van der Waals surface area (Å²) < 4.78 is 5.25. The highest BCUT2D eigenvalue weighted by atomic mass is 16.5. The number of carbonyl (C=O) groups excluding carboxylic acids is 1. The van der Waals surface area contributed by atoms with Crippen molar-refractivity contribution in [2.75, 3.05) is 54.5 Å². The van der Waals surface area contributed by atoms with Crippen LogP contribution in [-0.2, 0) is 9.53 Å². The zero-order valence-corrected chi connectivity index (χ0v) is 14.7. The average molecular weight is 353 g/mol. The van der Waals surface area contributed by atoms with E-state index in [1.165, 1.54) is 5.69 Å². The molecule has 2 aliphatic heterocycles. The summed E-state index contributed by atoms with van der Waals surface area (Å²) in [7, 11) is 0. The molecule has 7 nitrogen and oxygen atoms in total. The molecule has 0 aliphatic carbocycles. The number of anilines is 3. The van der Waals surface area contributed by atoms with Crippen LogP contribution in [0.4, 0.5) is 17.3 Å². The molecule has 0 spiro atoms. The molecule has 4 rings (SSSR count). The summed E-state index contributed by atoms with van der Waals surface area (Å²) in [6.45, 7) is 4.78. The molecule has 1 aromatic heterocycles. The Hall–Kier alpha value is -2.67. The van der Waals surface area contributed by atoms with E-state index >= 15 is 0 Å². The monoisotopic (exact) mass is 353 g/mol. The van der Waals surface area contributed by atoms with Gasteiger partial charge in [-0.05, 0) is 18.6 Å². The standard InChI is InChI=1S/C19H23N5O2/c25-18(15-6-11-26-14-15)22-16-12-20-19(21-13-16)24-9-7-23(8-10-24)17-4-2-1-3-5-17/h1-5,12-13,15H,6-11,14H2,(H,22,25). The Morgan fingerprint density at radius 3 is 2.38 bits per heavy atom. The fraction of sp³-hybridized carbons (Fsp3) is 0.421. The van der Waals surface area contributed by atoms with Crippen LogP contribution in [0.5, 0.6) is 0 Å². The highest BCUT2D eigenvalue weighted by Gasteiger charge is 2.24. The average Bonchev–Trinajstić information content (AvgIpc) is 3.25. The summed E-state index contributed by atoms with van der Waals surface area (Å²) in [4.78, 5) is 25.5. The third-order valence-corrected chi connectivity index (χ3v) is 4.89. The molecule has 1 aromatic carbocycles. The van der Waals surface area contributed by atoms with Crippen molar-refractivity contribution in [1.82, 2.24) is 9.97 Å². The zero-order chi connectivity index (χ0) is 17.8. The number of carbonyl (C=O) groups is 1. The molecule has 1 unspecified atom stereocenters. The first-order chi connectivity index (χ1) is 12.8. The number of hydrogen-bond donors (Lipinski definition) is 1. The van der Waals surface area contributed by atoms with Crippen molar-refractivity contribution in [3.8, 4) is 0 Å². The third kappa shape index (κ3) is 3.77. The van der Waals surface area contributed by atoms with Gasteiger partial charge in [0, 0.05) is 38.5 Å².